The van der Waals surface area contributed by atoms with Crippen molar-refractivity contribution in [2.75, 3.05) is 11.4 Å². The maximum absolute atomic E-state index is 11.5. The summed E-state index contributed by atoms with van der Waals surface area (Å²) in [5.41, 5.74) is 7.12. The maximum Gasteiger partial charge on any atom is 0.250 e. The van der Waals surface area contributed by atoms with Gasteiger partial charge in [0.1, 0.15) is 0 Å². The number of carbonyl (C=O) groups is 1. The van der Waals surface area contributed by atoms with Gasteiger partial charge < -0.3 is 10.6 Å². The zero-order valence-corrected chi connectivity index (χ0v) is 10.7. The zero-order chi connectivity index (χ0) is 12.6. The van der Waals surface area contributed by atoms with Crippen LogP contribution in [0.1, 0.15) is 37.6 Å². The van der Waals surface area contributed by atoms with Gasteiger partial charge in [-0.25, -0.2) is 0 Å². The van der Waals surface area contributed by atoms with Crippen LogP contribution in [0.5, 0.6) is 0 Å². The van der Waals surface area contributed by atoms with E-state index in [0.29, 0.717) is 11.5 Å². The molecule has 1 aliphatic rings. The van der Waals surface area contributed by atoms with Gasteiger partial charge in [-0.3, -0.25) is 4.79 Å². The number of hydrogen-bond acceptors (Lipinski definition) is 2. The molecule has 1 saturated heterocycles. The van der Waals surface area contributed by atoms with Crippen LogP contribution in [0.15, 0.2) is 24.3 Å². The summed E-state index contributed by atoms with van der Waals surface area (Å²) >= 11 is 0. The highest BCUT2D eigenvalue weighted by atomic mass is 16.1. The molecule has 1 heterocycles. The molecule has 1 unspecified atom stereocenters. The lowest BCUT2D eigenvalue weighted by molar-refractivity contribution is 0.100. The summed E-state index contributed by atoms with van der Waals surface area (Å²) in [6, 6.07) is 7.60. The molecule has 0 bridgehead atoms. The number of carbonyl (C=O) groups excluding carboxylic acids is 1. The van der Waals surface area contributed by atoms with Gasteiger partial charge in [0.05, 0.1) is 5.56 Å². The lowest BCUT2D eigenvalue weighted by Crippen LogP contribution is -2.39. The fourth-order valence-electron chi connectivity index (χ4n) is 2.93. The Morgan fingerprint density at radius 3 is 2.59 bits per heavy atom. The number of para-hydroxylation sites is 1. The molecule has 1 amide bonds. The van der Waals surface area contributed by atoms with E-state index in [9.17, 15) is 4.79 Å². The molecule has 2 rings (SSSR count). The molecule has 2 N–H and O–H groups in total. The van der Waals surface area contributed by atoms with E-state index >= 15 is 0 Å². The summed E-state index contributed by atoms with van der Waals surface area (Å²) in [6.45, 7) is 7.66. The van der Waals surface area contributed by atoms with Crippen LogP contribution in [0.25, 0.3) is 0 Å². The highest BCUT2D eigenvalue weighted by Gasteiger charge is 2.37. The van der Waals surface area contributed by atoms with Crippen LogP contribution in [-0.4, -0.2) is 18.0 Å². The molecular weight excluding hydrogens is 212 g/mol. The highest BCUT2D eigenvalue weighted by Crippen LogP contribution is 2.37. The standard InChI is InChI=1S/C14H20N2O/c1-10-8-14(2,3)16(9-10)12-7-5-4-6-11(12)13(15)17/h4-7,10H,8-9H2,1-3H3,(H2,15,17). The van der Waals surface area contributed by atoms with E-state index in [1.54, 1.807) is 6.07 Å². The first-order valence-corrected chi connectivity index (χ1v) is 6.08. The molecule has 17 heavy (non-hydrogen) atoms. The smallest absolute Gasteiger partial charge is 0.250 e. The van der Waals surface area contributed by atoms with Gasteiger partial charge in [-0.2, -0.15) is 0 Å². The molecule has 0 saturated carbocycles. The summed E-state index contributed by atoms with van der Waals surface area (Å²) < 4.78 is 0. The van der Waals surface area contributed by atoms with Crippen LogP contribution in [0.4, 0.5) is 5.69 Å². The number of hydrogen-bond donors (Lipinski definition) is 1. The fraction of sp³-hybridized carbons (Fsp3) is 0.500. The lowest BCUT2D eigenvalue weighted by Gasteiger charge is -2.34. The van der Waals surface area contributed by atoms with Crippen molar-refractivity contribution in [3.63, 3.8) is 0 Å². The summed E-state index contributed by atoms with van der Waals surface area (Å²) in [4.78, 5) is 13.8. The molecule has 92 valence electrons. The van der Waals surface area contributed by atoms with Gasteiger partial charge in [0.25, 0.3) is 5.91 Å². The zero-order valence-electron chi connectivity index (χ0n) is 10.7. The molecule has 1 atom stereocenters. The van der Waals surface area contributed by atoms with Crippen molar-refractivity contribution < 1.29 is 4.79 Å². The van der Waals surface area contributed by atoms with Crippen LogP contribution in [0.2, 0.25) is 0 Å². The molecule has 1 aliphatic heterocycles. The molecule has 0 aromatic heterocycles. The first-order chi connectivity index (χ1) is 7.92. The Bertz CT molecular complexity index is 440. The maximum atomic E-state index is 11.5. The van der Waals surface area contributed by atoms with Gasteiger partial charge in [0, 0.05) is 17.8 Å². The van der Waals surface area contributed by atoms with E-state index in [1.807, 2.05) is 18.2 Å². The van der Waals surface area contributed by atoms with Gasteiger partial charge in [-0.05, 0) is 38.3 Å². The van der Waals surface area contributed by atoms with Crippen molar-refractivity contribution in [3.8, 4) is 0 Å². The number of primary amides is 1. The van der Waals surface area contributed by atoms with Crippen LogP contribution < -0.4 is 10.6 Å². The molecule has 3 nitrogen and oxygen atoms in total. The minimum Gasteiger partial charge on any atom is -0.366 e. The Labute approximate surface area is 103 Å². The number of nitrogens with two attached hydrogens (primary N) is 1. The number of benzene rings is 1. The second-order valence-corrected chi connectivity index (χ2v) is 5.61. The Morgan fingerprint density at radius 2 is 2.06 bits per heavy atom. The number of rotatable bonds is 2. The first kappa shape index (κ1) is 12.0. The van der Waals surface area contributed by atoms with E-state index in [1.165, 1.54) is 0 Å². The second-order valence-electron chi connectivity index (χ2n) is 5.61. The first-order valence-electron chi connectivity index (χ1n) is 6.08. The van der Waals surface area contributed by atoms with Crippen molar-refractivity contribution >= 4 is 11.6 Å². The molecule has 1 aromatic rings. The van der Waals surface area contributed by atoms with Gasteiger partial charge in [0.15, 0.2) is 0 Å². The van der Waals surface area contributed by atoms with Crippen LogP contribution in [-0.2, 0) is 0 Å². The molecule has 0 aliphatic carbocycles. The molecule has 1 fully saturated rings. The minimum atomic E-state index is -0.351. The highest BCUT2D eigenvalue weighted by molar-refractivity contribution is 5.98. The lowest BCUT2D eigenvalue weighted by atomic mass is 9.97. The summed E-state index contributed by atoms with van der Waals surface area (Å²) in [6.07, 6.45) is 1.14. The van der Waals surface area contributed by atoms with Crippen molar-refractivity contribution in [1.82, 2.24) is 0 Å². The predicted molar refractivity (Wildman–Crippen MR) is 70.2 cm³/mol. The van der Waals surface area contributed by atoms with E-state index in [2.05, 4.69) is 25.7 Å². The Morgan fingerprint density at radius 1 is 1.41 bits per heavy atom. The van der Waals surface area contributed by atoms with E-state index in [4.69, 9.17) is 5.73 Å². The minimum absolute atomic E-state index is 0.0883. The predicted octanol–water partition coefficient (Wildman–Crippen LogP) is 2.41. The Balaban J connectivity index is 2.44. The van der Waals surface area contributed by atoms with Crippen LogP contribution >= 0.6 is 0 Å². The average Bonchev–Trinajstić information content (AvgIpc) is 2.51. The third kappa shape index (κ3) is 2.14. The Kier molecular flexibility index (Phi) is 2.86. The third-order valence-corrected chi connectivity index (χ3v) is 3.53. The summed E-state index contributed by atoms with van der Waals surface area (Å²) in [5.74, 6) is 0.293. The van der Waals surface area contributed by atoms with Crippen molar-refractivity contribution in [2.45, 2.75) is 32.7 Å². The fourth-order valence-corrected chi connectivity index (χ4v) is 2.93. The number of nitrogens with zero attached hydrogens (tertiary/aromatic N) is 1. The topological polar surface area (TPSA) is 46.3 Å². The second kappa shape index (κ2) is 4.06. The number of amides is 1. The molecule has 0 spiro atoms. The van der Waals surface area contributed by atoms with Gasteiger partial charge in [-0.1, -0.05) is 19.1 Å². The third-order valence-electron chi connectivity index (χ3n) is 3.53. The van der Waals surface area contributed by atoms with Gasteiger partial charge >= 0.3 is 0 Å². The van der Waals surface area contributed by atoms with E-state index in [-0.39, 0.29) is 11.4 Å². The van der Waals surface area contributed by atoms with E-state index < -0.39 is 0 Å². The summed E-state index contributed by atoms with van der Waals surface area (Å²) in [7, 11) is 0. The Hall–Kier alpha value is -1.51. The van der Waals surface area contributed by atoms with Gasteiger partial charge in [-0.15, -0.1) is 0 Å². The molecule has 3 heteroatoms. The van der Waals surface area contributed by atoms with Gasteiger partial charge in [0.2, 0.25) is 0 Å². The van der Waals surface area contributed by atoms with Crippen LogP contribution in [0.3, 0.4) is 0 Å². The average molecular weight is 232 g/mol. The number of anilines is 1. The van der Waals surface area contributed by atoms with E-state index in [0.717, 1.165) is 18.7 Å². The molecule has 1 aromatic carbocycles. The summed E-state index contributed by atoms with van der Waals surface area (Å²) in [5, 5.41) is 0. The van der Waals surface area contributed by atoms with Crippen molar-refractivity contribution in [2.24, 2.45) is 11.7 Å². The molecule has 0 radical (unpaired) electrons. The monoisotopic (exact) mass is 232 g/mol. The van der Waals surface area contributed by atoms with Crippen molar-refractivity contribution in [1.29, 1.82) is 0 Å². The van der Waals surface area contributed by atoms with Crippen LogP contribution in [0, 0.1) is 5.92 Å². The SMILES string of the molecule is CC1CN(c2ccccc2C(N)=O)C(C)(C)C1. The van der Waals surface area contributed by atoms with Crippen molar-refractivity contribution in [3.05, 3.63) is 29.8 Å². The quantitative estimate of drug-likeness (QED) is 0.851. The molecular formula is C14H20N2O. The largest absolute Gasteiger partial charge is 0.366 e. The normalized spacial score (nSPS) is 22.8.